The van der Waals surface area contributed by atoms with Crippen LogP contribution in [0.2, 0.25) is 0 Å². The number of aliphatic hydroxyl groups excluding tert-OH is 1. The van der Waals surface area contributed by atoms with Gasteiger partial charge in [0.1, 0.15) is 24.2 Å². The van der Waals surface area contributed by atoms with Gasteiger partial charge in [-0.25, -0.2) is 4.79 Å². The summed E-state index contributed by atoms with van der Waals surface area (Å²) in [5.74, 6) is -4.59. The van der Waals surface area contributed by atoms with Gasteiger partial charge >= 0.3 is 5.97 Å². The molecule has 0 spiro atoms. The van der Waals surface area contributed by atoms with E-state index in [4.69, 9.17) is 17.2 Å². The fourth-order valence-electron chi connectivity index (χ4n) is 2.53. The largest absolute Gasteiger partial charge is 0.480 e. The molecule has 0 rings (SSSR count). The molecule has 0 aromatic rings. The standard InChI is InChI=1S/C18H34N6O7S/c1-9(25)14(21)17(29)22-10(5-6-13(20)26)15(27)24-12(8-32)16(28)23-11(18(30)31)4-2-3-7-19/h9-12,14,25,32H,2-8,19,21H2,1H3,(H2,20,26)(H,22,29)(H,23,28)(H,24,27)(H,30,31). The average Bonchev–Trinajstić information content (AvgIpc) is 2.72. The Morgan fingerprint density at radius 2 is 1.44 bits per heavy atom. The number of carboxylic acids is 1. The molecule has 5 atom stereocenters. The van der Waals surface area contributed by atoms with Gasteiger partial charge in [0.05, 0.1) is 6.10 Å². The number of unbranched alkanes of at least 4 members (excludes halogenated alkanes) is 1. The molecular weight excluding hydrogens is 444 g/mol. The lowest BCUT2D eigenvalue weighted by molar-refractivity contribution is -0.142. The van der Waals surface area contributed by atoms with E-state index in [-0.39, 0.29) is 25.0 Å². The van der Waals surface area contributed by atoms with Crippen molar-refractivity contribution < 1.29 is 34.2 Å². The van der Waals surface area contributed by atoms with E-state index in [1.165, 1.54) is 6.92 Å². The molecule has 0 radical (unpaired) electrons. The van der Waals surface area contributed by atoms with E-state index in [1.807, 2.05) is 0 Å². The van der Waals surface area contributed by atoms with Crippen LogP contribution in [0.25, 0.3) is 0 Å². The third-order valence-electron chi connectivity index (χ3n) is 4.51. The van der Waals surface area contributed by atoms with Crippen LogP contribution in [-0.4, -0.2) is 82.4 Å². The molecule has 0 saturated carbocycles. The summed E-state index contributed by atoms with van der Waals surface area (Å²) in [7, 11) is 0. The minimum absolute atomic E-state index is 0.153. The van der Waals surface area contributed by atoms with Crippen LogP contribution in [-0.2, 0) is 24.0 Å². The number of carbonyl (C=O) groups excluding carboxylic acids is 4. The fraction of sp³-hybridized carbons (Fsp3) is 0.722. The van der Waals surface area contributed by atoms with Gasteiger partial charge in [0.2, 0.25) is 23.6 Å². The first-order chi connectivity index (χ1) is 14.9. The predicted molar refractivity (Wildman–Crippen MR) is 118 cm³/mol. The number of thiol groups is 1. The first kappa shape index (κ1) is 29.6. The lowest BCUT2D eigenvalue weighted by Crippen LogP contribution is -2.58. The molecular formula is C18H34N6O7S. The minimum Gasteiger partial charge on any atom is -0.480 e. The average molecular weight is 479 g/mol. The molecule has 14 heteroatoms. The van der Waals surface area contributed by atoms with Gasteiger partial charge in [-0.2, -0.15) is 12.6 Å². The molecule has 0 heterocycles. The summed E-state index contributed by atoms with van der Waals surface area (Å²) in [6.45, 7) is 1.67. The van der Waals surface area contributed by atoms with Gasteiger partial charge in [-0.1, -0.05) is 0 Å². The highest BCUT2D eigenvalue weighted by atomic mass is 32.1. The SMILES string of the molecule is CC(O)C(N)C(=O)NC(CCC(N)=O)C(=O)NC(CS)C(=O)NC(CCCCN)C(=O)O. The first-order valence-electron chi connectivity index (χ1n) is 10.1. The minimum atomic E-state index is -1.33. The third kappa shape index (κ3) is 11.3. The van der Waals surface area contributed by atoms with E-state index in [2.05, 4.69) is 28.6 Å². The zero-order valence-corrected chi connectivity index (χ0v) is 18.8. The van der Waals surface area contributed by atoms with Gasteiger partial charge in [-0.05, 0) is 39.2 Å². The number of hydrogen-bond acceptors (Lipinski definition) is 9. The van der Waals surface area contributed by atoms with Crippen molar-refractivity contribution in [1.29, 1.82) is 0 Å². The number of carbonyl (C=O) groups is 5. The predicted octanol–water partition coefficient (Wildman–Crippen LogP) is -3.44. The second-order valence-electron chi connectivity index (χ2n) is 7.26. The van der Waals surface area contributed by atoms with Crippen LogP contribution in [0.5, 0.6) is 0 Å². The number of aliphatic hydroxyl groups is 1. The molecule has 0 fully saturated rings. The van der Waals surface area contributed by atoms with Crippen LogP contribution in [0, 0.1) is 0 Å². The summed E-state index contributed by atoms with van der Waals surface area (Å²) in [5, 5.41) is 25.7. The van der Waals surface area contributed by atoms with Crippen LogP contribution in [0.15, 0.2) is 0 Å². The Bertz CT molecular complexity index is 664. The first-order valence-corrected chi connectivity index (χ1v) is 10.7. The molecule has 4 amide bonds. The zero-order chi connectivity index (χ0) is 24.8. The fourth-order valence-corrected chi connectivity index (χ4v) is 2.79. The lowest BCUT2D eigenvalue weighted by atomic mass is 10.1. The van der Waals surface area contributed by atoms with Crippen LogP contribution in [0.3, 0.4) is 0 Å². The second-order valence-corrected chi connectivity index (χ2v) is 7.63. The van der Waals surface area contributed by atoms with Gasteiger partial charge in [-0.15, -0.1) is 0 Å². The zero-order valence-electron chi connectivity index (χ0n) is 18.0. The third-order valence-corrected chi connectivity index (χ3v) is 4.88. The smallest absolute Gasteiger partial charge is 0.326 e. The molecule has 0 aliphatic heterocycles. The van der Waals surface area contributed by atoms with E-state index in [0.717, 1.165) is 0 Å². The maximum Gasteiger partial charge on any atom is 0.326 e. The summed E-state index contributed by atoms with van der Waals surface area (Å²) in [4.78, 5) is 59.8. The molecule has 0 bridgehead atoms. The molecule has 184 valence electrons. The number of amides is 4. The van der Waals surface area contributed by atoms with Crippen molar-refractivity contribution in [3.8, 4) is 0 Å². The summed E-state index contributed by atoms with van der Waals surface area (Å²) in [6, 6.07) is -5.01. The van der Waals surface area contributed by atoms with Gasteiger partial charge < -0.3 is 43.4 Å². The van der Waals surface area contributed by atoms with E-state index in [1.54, 1.807) is 0 Å². The van der Waals surface area contributed by atoms with Crippen LogP contribution in [0.1, 0.15) is 39.0 Å². The molecule has 32 heavy (non-hydrogen) atoms. The molecule has 5 unspecified atom stereocenters. The molecule has 13 nitrogen and oxygen atoms in total. The number of carboxylic acid groups (broad SMARTS) is 1. The van der Waals surface area contributed by atoms with Crippen molar-refractivity contribution >= 4 is 42.2 Å². The summed E-state index contributed by atoms with van der Waals surface area (Å²) >= 11 is 4.02. The number of hydrogen-bond donors (Lipinski definition) is 9. The number of rotatable bonds is 16. The van der Waals surface area contributed by atoms with Crippen molar-refractivity contribution in [2.45, 2.75) is 69.3 Å². The van der Waals surface area contributed by atoms with E-state index >= 15 is 0 Å². The Balaban J connectivity index is 5.24. The molecule has 0 aliphatic rings. The van der Waals surface area contributed by atoms with E-state index < -0.39 is 59.9 Å². The molecule has 0 aliphatic carbocycles. The normalized spacial score (nSPS) is 15.5. The Morgan fingerprint density at radius 1 is 0.906 bits per heavy atom. The highest BCUT2D eigenvalue weighted by Gasteiger charge is 2.30. The molecule has 11 N–H and O–H groups in total. The maximum atomic E-state index is 12.7. The van der Waals surface area contributed by atoms with Crippen molar-refractivity contribution in [3.05, 3.63) is 0 Å². The second kappa shape index (κ2) is 15.4. The molecule has 0 aromatic heterocycles. The number of primary amides is 1. The Kier molecular flexibility index (Phi) is 14.2. The van der Waals surface area contributed by atoms with Gasteiger partial charge in [0.15, 0.2) is 0 Å². The Morgan fingerprint density at radius 3 is 1.91 bits per heavy atom. The maximum absolute atomic E-state index is 12.7. The summed E-state index contributed by atoms with van der Waals surface area (Å²) in [5.41, 5.74) is 16.0. The van der Waals surface area contributed by atoms with Gasteiger partial charge in [0.25, 0.3) is 0 Å². The van der Waals surface area contributed by atoms with Crippen LogP contribution in [0.4, 0.5) is 0 Å². The van der Waals surface area contributed by atoms with Gasteiger partial charge in [0, 0.05) is 12.2 Å². The van der Waals surface area contributed by atoms with E-state index in [0.29, 0.717) is 19.4 Å². The summed E-state index contributed by atoms with van der Waals surface area (Å²) in [6.07, 6.45) is -0.406. The molecule has 0 aromatic carbocycles. The monoisotopic (exact) mass is 478 g/mol. The lowest BCUT2D eigenvalue weighted by Gasteiger charge is -2.24. The quantitative estimate of drug-likeness (QED) is 0.0790. The number of aliphatic carboxylic acids is 1. The molecule has 0 saturated heterocycles. The van der Waals surface area contributed by atoms with Crippen molar-refractivity contribution in [2.24, 2.45) is 17.2 Å². The Hall–Kier alpha value is -2.42. The highest BCUT2D eigenvalue weighted by Crippen LogP contribution is 2.04. The highest BCUT2D eigenvalue weighted by molar-refractivity contribution is 7.80. The van der Waals surface area contributed by atoms with Crippen molar-refractivity contribution in [3.63, 3.8) is 0 Å². The van der Waals surface area contributed by atoms with Crippen molar-refractivity contribution in [2.75, 3.05) is 12.3 Å². The van der Waals surface area contributed by atoms with Crippen LogP contribution < -0.4 is 33.2 Å². The van der Waals surface area contributed by atoms with Crippen molar-refractivity contribution in [1.82, 2.24) is 16.0 Å². The topological polar surface area (TPSA) is 240 Å². The number of nitrogens with one attached hydrogen (secondary N) is 3. The number of nitrogens with two attached hydrogens (primary N) is 3. The van der Waals surface area contributed by atoms with Gasteiger partial charge in [-0.3, -0.25) is 19.2 Å². The van der Waals surface area contributed by atoms with E-state index in [9.17, 15) is 34.2 Å². The van der Waals surface area contributed by atoms with Crippen LogP contribution >= 0.6 is 12.6 Å². The Labute approximate surface area is 191 Å². The summed E-state index contributed by atoms with van der Waals surface area (Å²) < 4.78 is 0.